The van der Waals surface area contributed by atoms with Gasteiger partial charge in [0.15, 0.2) is 0 Å². The minimum atomic E-state index is -0.255. The third-order valence-corrected chi connectivity index (χ3v) is 4.77. The Labute approximate surface area is 144 Å². The summed E-state index contributed by atoms with van der Waals surface area (Å²) in [5.41, 5.74) is 1.35. The second-order valence-corrected chi connectivity index (χ2v) is 6.41. The minimum absolute atomic E-state index is 0.0606. The Morgan fingerprint density at radius 1 is 1.32 bits per heavy atom. The highest BCUT2D eigenvalue weighted by atomic mass is 16.4. The van der Waals surface area contributed by atoms with Gasteiger partial charge in [0.05, 0.1) is 6.04 Å². The molecule has 0 radical (unpaired) electrons. The molecule has 2 atom stereocenters. The first-order valence-corrected chi connectivity index (χ1v) is 8.44. The standard InChI is InChI=1S/C17H19N5O3/c23-15-9-22(14-7-2-1-6-13(14)20-15)17(24)19-12-5-3-4-11(8-12)16-21-18-10-25-16/h3-5,8,10,13-14H,1-2,6-7,9H2,(H,19,24)(H,20,23)/t13-,14+/m0/s1. The second kappa shape index (κ2) is 6.54. The van der Waals surface area contributed by atoms with E-state index in [9.17, 15) is 9.59 Å². The predicted octanol–water partition coefficient (Wildman–Crippen LogP) is 2.01. The highest BCUT2D eigenvalue weighted by molar-refractivity contribution is 5.94. The highest BCUT2D eigenvalue weighted by Crippen LogP contribution is 2.27. The first kappa shape index (κ1) is 15.6. The van der Waals surface area contributed by atoms with Crippen LogP contribution in [0.1, 0.15) is 25.7 Å². The molecule has 8 nitrogen and oxygen atoms in total. The van der Waals surface area contributed by atoms with Gasteiger partial charge < -0.3 is 20.0 Å². The molecule has 4 rings (SSSR count). The van der Waals surface area contributed by atoms with Crippen LogP contribution in [0, 0.1) is 0 Å². The fourth-order valence-corrected chi connectivity index (χ4v) is 3.62. The van der Waals surface area contributed by atoms with Crippen molar-refractivity contribution < 1.29 is 14.0 Å². The summed E-state index contributed by atoms with van der Waals surface area (Å²) in [5.74, 6) is 0.290. The fraction of sp³-hybridized carbons (Fsp3) is 0.412. The molecule has 0 spiro atoms. The van der Waals surface area contributed by atoms with Gasteiger partial charge in [-0.2, -0.15) is 0 Å². The summed E-state index contributed by atoms with van der Waals surface area (Å²) in [6.07, 6.45) is 5.26. The van der Waals surface area contributed by atoms with Gasteiger partial charge in [-0.3, -0.25) is 4.79 Å². The summed E-state index contributed by atoms with van der Waals surface area (Å²) in [5, 5.41) is 13.4. The summed E-state index contributed by atoms with van der Waals surface area (Å²) >= 11 is 0. The number of nitrogens with zero attached hydrogens (tertiary/aromatic N) is 3. The summed E-state index contributed by atoms with van der Waals surface area (Å²) in [7, 11) is 0. The smallest absolute Gasteiger partial charge is 0.322 e. The van der Waals surface area contributed by atoms with E-state index in [1.54, 1.807) is 17.0 Å². The molecule has 2 N–H and O–H groups in total. The van der Waals surface area contributed by atoms with E-state index < -0.39 is 0 Å². The van der Waals surface area contributed by atoms with E-state index in [0.29, 0.717) is 11.6 Å². The van der Waals surface area contributed by atoms with Crippen molar-refractivity contribution in [3.05, 3.63) is 30.7 Å². The first-order chi connectivity index (χ1) is 12.2. The predicted molar refractivity (Wildman–Crippen MR) is 89.6 cm³/mol. The SMILES string of the molecule is O=C1CN(C(=O)Nc2cccc(-c3nnco3)c2)[C@@H]2CCCC[C@@H]2N1. The minimum Gasteiger partial charge on any atom is -0.423 e. The zero-order chi connectivity index (χ0) is 17.2. The molecule has 130 valence electrons. The third kappa shape index (κ3) is 3.19. The molecular weight excluding hydrogens is 322 g/mol. The van der Waals surface area contributed by atoms with E-state index in [1.807, 2.05) is 12.1 Å². The number of piperazine rings is 1. The number of carbonyl (C=O) groups excluding carboxylic acids is 2. The maximum absolute atomic E-state index is 12.7. The van der Waals surface area contributed by atoms with E-state index in [2.05, 4.69) is 20.8 Å². The Kier molecular flexibility index (Phi) is 4.09. The molecule has 0 unspecified atom stereocenters. The molecule has 1 saturated carbocycles. The van der Waals surface area contributed by atoms with Crippen LogP contribution in [0.5, 0.6) is 0 Å². The number of amides is 3. The van der Waals surface area contributed by atoms with Gasteiger partial charge in [0, 0.05) is 17.3 Å². The summed E-state index contributed by atoms with van der Waals surface area (Å²) in [6, 6.07) is 7.06. The van der Waals surface area contributed by atoms with Gasteiger partial charge in [0.1, 0.15) is 6.54 Å². The number of fused-ring (bicyclic) bond motifs is 1. The van der Waals surface area contributed by atoms with Crippen molar-refractivity contribution >= 4 is 17.6 Å². The molecule has 2 aromatic rings. The molecule has 1 aromatic carbocycles. The number of rotatable bonds is 2. The number of nitrogens with one attached hydrogen (secondary N) is 2. The van der Waals surface area contributed by atoms with Gasteiger partial charge in [0.25, 0.3) is 0 Å². The van der Waals surface area contributed by atoms with Crippen molar-refractivity contribution in [3.63, 3.8) is 0 Å². The van der Waals surface area contributed by atoms with E-state index in [4.69, 9.17) is 4.42 Å². The van der Waals surface area contributed by atoms with Crippen LogP contribution >= 0.6 is 0 Å². The lowest BCUT2D eigenvalue weighted by Crippen LogP contribution is -2.63. The Hall–Kier alpha value is -2.90. The van der Waals surface area contributed by atoms with Gasteiger partial charge in [-0.25, -0.2) is 4.79 Å². The highest BCUT2D eigenvalue weighted by Gasteiger charge is 2.38. The molecule has 1 aliphatic carbocycles. The van der Waals surface area contributed by atoms with Crippen molar-refractivity contribution in [1.82, 2.24) is 20.4 Å². The van der Waals surface area contributed by atoms with Crippen LogP contribution in [-0.2, 0) is 4.79 Å². The van der Waals surface area contributed by atoms with Gasteiger partial charge in [-0.15, -0.1) is 10.2 Å². The molecular formula is C17H19N5O3. The third-order valence-electron chi connectivity index (χ3n) is 4.77. The van der Waals surface area contributed by atoms with Crippen molar-refractivity contribution in [2.24, 2.45) is 0 Å². The molecule has 2 fully saturated rings. The second-order valence-electron chi connectivity index (χ2n) is 6.41. The number of anilines is 1. The first-order valence-electron chi connectivity index (χ1n) is 8.44. The maximum atomic E-state index is 12.7. The van der Waals surface area contributed by atoms with Crippen LogP contribution in [0.25, 0.3) is 11.5 Å². The average Bonchev–Trinajstić information content (AvgIpc) is 3.16. The monoisotopic (exact) mass is 341 g/mol. The normalized spacial score (nSPS) is 22.9. The molecule has 1 aromatic heterocycles. The summed E-state index contributed by atoms with van der Waals surface area (Å²) < 4.78 is 5.18. The topological polar surface area (TPSA) is 100 Å². The van der Waals surface area contributed by atoms with Crippen molar-refractivity contribution in [1.29, 1.82) is 0 Å². The van der Waals surface area contributed by atoms with E-state index in [0.717, 1.165) is 31.2 Å². The molecule has 0 bridgehead atoms. The molecule has 1 saturated heterocycles. The number of benzene rings is 1. The zero-order valence-electron chi connectivity index (χ0n) is 13.6. The summed E-state index contributed by atoms with van der Waals surface area (Å²) in [4.78, 5) is 26.3. The molecule has 2 aliphatic rings. The Morgan fingerprint density at radius 3 is 3.04 bits per heavy atom. The molecule has 2 heterocycles. The van der Waals surface area contributed by atoms with Crippen LogP contribution in [0.3, 0.4) is 0 Å². The number of aromatic nitrogens is 2. The van der Waals surface area contributed by atoms with Gasteiger partial charge >= 0.3 is 6.03 Å². The van der Waals surface area contributed by atoms with Crippen molar-refractivity contribution in [2.75, 3.05) is 11.9 Å². The van der Waals surface area contributed by atoms with Crippen molar-refractivity contribution in [2.45, 2.75) is 37.8 Å². The number of hydrogen-bond acceptors (Lipinski definition) is 5. The van der Waals surface area contributed by atoms with E-state index >= 15 is 0 Å². The van der Waals surface area contributed by atoms with Crippen LogP contribution < -0.4 is 10.6 Å². The quantitative estimate of drug-likeness (QED) is 0.870. The number of hydrogen-bond donors (Lipinski definition) is 2. The number of carbonyl (C=O) groups is 2. The Morgan fingerprint density at radius 2 is 2.20 bits per heavy atom. The fourth-order valence-electron chi connectivity index (χ4n) is 3.62. The van der Waals surface area contributed by atoms with Crippen LogP contribution in [0.15, 0.2) is 35.1 Å². The van der Waals surface area contributed by atoms with Crippen LogP contribution in [0.2, 0.25) is 0 Å². The molecule has 8 heteroatoms. The van der Waals surface area contributed by atoms with Crippen molar-refractivity contribution in [3.8, 4) is 11.5 Å². The van der Waals surface area contributed by atoms with Gasteiger partial charge in [-0.05, 0) is 31.0 Å². The Bertz CT molecular complexity index is 776. The molecule has 3 amide bonds. The lowest BCUT2D eigenvalue weighted by molar-refractivity contribution is -0.126. The number of urea groups is 1. The lowest BCUT2D eigenvalue weighted by Gasteiger charge is -2.43. The van der Waals surface area contributed by atoms with Gasteiger partial charge in [0.2, 0.25) is 18.2 Å². The van der Waals surface area contributed by atoms with E-state index in [-0.39, 0.29) is 30.6 Å². The zero-order valence-corrected chi connectivity index (χ0v) is 13.6. The average molecular weight is 341 g/mol. The van der Waals surface area contributed by atoms with E-state index in [1.165, 1.54) is 6.39 Å². The molecule has 25 heavy (non-hydrogen) atoms. The maximum Gasteiger partial charge on any atom is 0.322 e. The van der Waals surface area contributed by atoms with Gasteiger partial charge in [-0.1, -0.05) is 18.9 Å². The molecule has 1 aliphatic heterocycles. The van der Waals surface area contributed by atoms with Crippen LogP contribution in [-0.4, -0.2) is 45.7 Å². The lowest BCUT2D eigenvalue weighted by atomic mass is 9.87. The Balaban J connectivity index is 1.51. The van der Waals surface area contributed by atoms with Crippen LogP contribution in [0.4, 0.5) is 10.5 Å². The largest absolute Gasteiger partial charge is 0.423 e. The summed E-state index contributed by atoms with van der Waals surface area (Å²) in [6.45, 7) is 0.0936.